The van der Waals surface area contributed by atoms with Crippen molar-refractivity contribution in [1.82, 2.24) is 9.80 Å². The summed E-state index contributed by atoms with van der Waals surface area (Å²) in [6.45, 7) is 4.26. The summed E-state index contributed by atoms with van der Waals surface area (Å²) in [5.74, 6) is 1.33. The van der Waals surface area contributed by atoms with Crippen LogP contribution in [0.15, 0.2) is 76.0 Å². The number of benzene rings is 2. The number of carbonyl (C=O) groups excluding carboxylic acids is 2. The Hall–Kier alpha value is -3.03. The highest BCUT2D eigenvalue weighted by atomic mass is 32.2. The molecule has 3 heterocycles. The molecule has 5 rings (SSSR count). The summed E-state index contributed by atoms with van der Waals surface area (Å²) in [6.07, 6.45) is 0. The molecule has 0 atom stereocenters. The van der Waals surface area contributed by atoms with E-state index in [9.17, 15) is 9.59 Å². The Balaban J connectivity index is 1.20. The molecule has 2 aliphatic rings. The van der Waals surface area contributed by atoms with Crippen molar-refractivity contribution in [2.24, 2.45) is 0 Å². The third-order valence-electron chi connectivity index (χ3n) is 5.90. The molecule has 1 saturated heterocycles. The maximum atomic E-state index is 13.0. The molecule has 0 unspecified atom stereocenters. The van der Waals surface area contributed by atoms with E-state index in [-0.39, 0.29) is 11.8 Å². The monoisotopic (exact) mass is 447 g/mol. The van der Waals surface area contributed by atoms with Crippen LogP contribution in [0.4, 0.5) is 5.69 Å². The van der Waals surface area contributed by atoms with E-state index in [0.29, 0.717) is 36.9 Å². The lowest BCUT2D eigenvalue weighted by molar-refractivity contribution is -0.116. The predicted molar refractivity (Wildman–Crippen MR) is 125 cm³/mol. The molecule has 6 nitrogen and oxygen atoms in total. The lowest BCUT2D eigenvalue weighted by Crippen LogP contribution is -2.48. The van der Waals surface area contributed by atoms with Gasteiger partial charge in [-0.2, -0.15) is 0 Å². The Labute approximate surface area is 191 Å². The minimum absolute atomic E-state index is 0.0486. The molecule has 164 valence electrons. The standard InChI is InChI=1S/C25H25N3O3S/c29-24-18-32-23-9-5-4-8-21(23)28(24)17-20-10-11-22(31-20)25(30)27-14-12-26(13-15-27)16-19-6-2-1-3-7-19/h1-11H,12-18H2. The lowest BCUT2D eigenvalue weighted by atomic mass is 10.2. The van der Waals surface area contributed by atoms with Crippen LogP contribution in [0.25, 0.3) is 0 Å². The molecule has 2 aromatic carbocycles. The predicted octanol–water partition coefficient (Wildman–Crippen LogP) is 3.88. The maximum absolute atomic E-state index is 13.0. The fourth-order valence-electron chi connectivity index (χ4n) is 4.17. The fourth-order valence-corrected chi connectivity index (χ4v) is 5.10. The average molecular weight is 448 g/mol. The highest BCUT2D eigenvalue weighted by Gasteiger charge is 2.27. The van der Waals surface area contributed by atoms with Gasteiger partial charge in [0.05, 0.1) is 18.0 Å². The van der Waals surface area contributed by atoms with Crippen molar-refractivity contribution < 1.29 is 14.0 Å². The number of anilines is 1. The SMILES string of the molecule is O=C(c1ccc(CN2C(=O)CSc3ccccc32)o1)N1CCN(Cc2ccccc2)CC1. The molecule has 7 heteroatoms. The van der Waals surface area contributed by atoms with E-state index >= 15 is 0 Å². The zero-order valence-corrected chi connectivity index (χ0v) is 18.6. The zero-order chi connectivity index (χ0) is 21.9. The van der Waals surface area contributed by atoms with E-state index in [1.807, 2.05) is 35.2 Å². The van der Waals surface area contributed by atoms with Crippen molar-refractivity contribution in [1.29, 1.82) is 0 Å². The van der Waals surface area contributed by atoms with Crippen LogP contribution in [0, 0.1) is 0 Å². The molecule has 0 aliphatic carbocycles. The summed E-state index contributed by atoms with van der Waals surface area (Å²) in [5.41, 5.74) is 2.18. The van der Waals surface area contributed by atoms with Crippen molar-refractivity contribution >= 4 is 29.3 Å². The third-order valence-corrected chi connectivity index (χ3v) is 6.95. The van der Waals surface area contributed by atoms with Crippen LogP contribution in [0.2, 0.25) is 0 Å². The number of hydrogen-bond donors (Lipinski definition) is 0. The molecule has 1 aromatic heterocycles. The number of fused-ring (bicyclic) bond motifs is 1. The molecule has 0 spiro atoms. The molecule has 1 fully saturated rings. The van der Waals surface area contributed by atoms with E-state index in [1.54, 1.807) is 28.8 Å². The quantitative estimate of drug-likeness (QED) is 0.594. The normalized spacial score (nSPS) is 16.8. The molecule has 0 radical (unpaired) electrons. The van der Waals surface area contributed by atoms with Gasteiger partial charge in [-0.3, -0.25) is 14.5 Å². The molecular weight excluding hydrogens is 422 g/mol. The Bertz CT molecular complexity index is 1110. The molecule has 3 aromatic rings. The van der Waals surface area contributed by atoms with Gasteiger partial charge in [-0.05, 0) is 29.8 Å². The minimum atomic E-state index is -0.0865. The van der Waals surface area contributed by atoms with Crippen molar-refractivity contribution in [3.05, 3.63) is 83.8 Å². The van der Waals surface area contributed by atoms with Crippen molar-refractivity contribution in [2.75, 3.05) is 36.8 Å². The number of amides is 2. The molecule has 0 saturated carbocycles. The van der Waals surface area contributed by atoms with Gasteiger partial charge in [0.1, 0.15) is 5.76 Å². The smallest absolute Gasteiger partial charge is 0.289 e. The molecule has 2 aliphatic heterocycles. The lowest BCUT2D eigenvalue weighted by Gasteiger charge is -2.34. The van der Waals surface area contributed by atoms with Crippen LogP contribution < -0.4 is 4.90 Å². The maximum Gasteiger partial charge on any atom is 0.289 e. The summed E-state index contributed by atoms with van der Waals surface area (Å²) >= 11 is 1.55. The van der Waals surface area contributed by atoms with E-state index in [1.165, 1.54) is 5.56 Å². The largest absolute Gasteiger partial charge is 0.454 e. The van der Waals surface area contributed by atoms with Gasteiger partial charge < -0.3 is 14.2 Å². The first-order valence-electron chi connectivity index (χ1n) is 10.8. The number of furan rings is 1. The van der Waals surface area contributed by atoms with Gasteiger partial charge in [-0.25, -0.2) is 0 Å². The van der Waals surface area contributed by atoms with Gasteiger partial charge in [-0.15, -0.1) is 11.8 Å². The minimum Gasteiger partial charge on any atom is -0.454 e. The van der Waals surface area contributed by atoms with Crippen molar-refractivity contribution in [3.63, 3.8) is 0 Å². The number of piperazine rings is 1. The second-order valence-electron chi connectivity index (χ2n) is 8.06. The molecule has 0 N–H and O–H groups in total. The van der Waals surface area contributed by atoms with Gasteiger partial charge in [0.25, 0.3) is 5.91 Å². The third kappa shape index (κ3) is 4.45. The first-order valence-corrected chi connectivity index (χ1v) is 11.8. The summed E-state index contributed by atoms with van der Waals surface area (Å²) < 4.78 is 5.88. The van der Waals surface area contributed by atoms with Crippen LogP contribution in [0.3, 0.4) is 0 Å². The van der Waals surface area contributed by atoms with Gasteiger partial charge in [0.15, 0.2) is 5.76 Å². The van der Waals surface area contributed by atoms with Gasteiger partial charge >= 0.3 is 0 Å². The fraction of sp³-hybridized carbons (Fsp3) is 0.280. The highest BCUT2D eigenvalue weighted by Crippen LogP contribution is 2.35. The number of nitrogens with zero attached hydrogens (tertiary/aromatic N) is 3. The van der Waals surface area contributed by atoms with Gasteiger partial charge in [-0.1, -0.05) is 42.5 Å². The second-order valence-corrected chi connectivity index (χ2v) is 9.07. The average Bonchev–Trinajstić information content (AvgIpc) is 3.30. The van der Waals surface area contributed by atoms with Crippen LogP contribution in [-0.4, -0.2) is 53.5 Å². The van der Waals surface area contributed by atoms with Crippen molar-refractivity contribution in [3.8, 4) is 0 Å². The number of hydrogen-bond acceptors (Lipinski definition) is 5. The van der Waals surface area contributed by atoms with Crippen LogP contribution in [-0.2, 0) is 17.9 Å². The van der Waals surface area contributed by atoms with E-state index in [0.717, 1.165) is 30.2 Å². The van der Waals surface area contributed by atoms with Crippen LogP contribution in [0.5, 0.6) is 0 Å². The van der Waals surface area contributed by atoms with Gasteiger partial charge in [0, 0.05) is 37.6 Å². The first-order chi connectivity index (χ1) is 15.7. The Morgan fingerprint density at radius 2 is 1.62 bits per heavy atom. The number of carbonyl (C=O) groups is 2. The van der Waals surface area contributed by atoms with E-state index in [2.05, 4.69) is 29.2 Å². The van der Waals surface area contributed by atoms with E-state index < -0.39 is 0 Å². The Morgan fingerprint density at radius 3 is 2.44 bits per heavy atom. The molecular formula is C25H25N3O3S. The topological polar surface area (TPSA) is 57.0 Å². The Kier molecular flexibility index (Phi) is 6.01. The number of para-hydroxylation sites is 1. The number of rotatable bonds is 5. The summed E-state index contributed by atoms with van der Waals surface area (Å²) in [4.78, 5) is 32.5. The zero-order valence-electron chi connectivity index (χ0n) is 17.8. The molecule has 32 heavy (non-hydrogen) atoms. The first kappa shape index (κ1) is 20.8. The summed E-state index contributed by atoms with van der Waals surface area (Å²) in [6, 6.07) is 21.8. The highest BCUT2D eigenvalue weighted by molar-refractivity contribution is 8.00. The van der Waals surface area contributed by atoms with E-state index in [4.69, 9.17) is 4.42 Å². The summed E-state index contributed by atoms with van der Waals surface area (Å²) in [5, 5.41) is 0. The van der Waals surface area contributed by atoms with Crippen molar-refractivity contribution in [2.45, 2.75) is 18.0 Å². The van der Waals surface area contributed by atoms with Gasteiger partial charge in [0.2, 0.25) is 5.91 Å². The van der Waals surface area contributed by atoms with Crippen LogP contribution in [0.1, 0.15) is 21.9 Å². The molecule has 2 amide bonds. The summed E-state index contributed by atoms with van der Waals surface area (Å²) in [7, 11) is 0. The van der Waals surface area contributed by atoms with Crippen LogP contribution >= 0.6 is 11.8 Å². The number of thioether (sulfide) groups is 1. The molecule has 0 bridgehead atoms. The Morgan fingerprint density at radius 1 is 0.875 bits per heavy atom. The second kappa shape index (κ2) is 9.22.